The van der Waals surface area contributed by atoms with Crippen molar-refractivity contribution in [2.24, 2.45) is 0 Å². The molecule has 0 aliphatic heterocycles. The zero-order valence-electron chi connectivity index (χ0n) is 16.8. The second kappa shape index (κ2) is 10.0. The summed E-state index contributed by atoms with van der Waals surface area (Å²) in [5.41, 5.74) is 1.71. The van der Waals surface area contributed by atoms with E-state index in [1.807, 2.05) is 6.92 Å². The van der Waals surface area contributed by atoms with E-state index >= 15 is 0 Å². The maximum Gasteiger partial charge on any atom is 0.411 e. The zero-order chi connectivity index (χ0) is 22.3. The van der Waals surface area contributed by atoms with Crippen LogP contribution in [-0.2, 0) is 14.8 Å². The third-order valence-electron chi connectivity index (χ3n) is 4.40. The number of para-hydroxylation sites is 1. The maximum atomic E-state index is 12.9. The van der Waals surface area contributed by atoms with Crippen LogP contribution in [0.5, 0.6) is 0 Å². The van der Waals surface area contributed by atoms with Gasteiger partial charge in [0.2, 0.25) is 10.0 Å². The van der Waals surface area contributed by atoms with Crippen molar-refractivity contribution < 1.29 is 22.7 Å². The number of aryl methyl sites for hydroxylation is 1. The van der Waals surface area contributed by atoms with Crippen molar-refractivity contribution >= 4 is 27.6 Å². The molecule has 0 aliphatic rings. The number of rotatable bonds is 8. The van der Waals surface area contributed by atoms with Gasteiger partial charge in [-0.2, -0.15) is 4.72 Å². The number of carbonyl (C=O) groups excluding carboxylic acids is 2. The molecule has 31 heavy (non-hydrogen) atoms. The summed E-state index contributed by atoms with van der Waals surface area (Å²) in [6, 6.07) is 21.8. The fourth-order valence-corrected chi connectivity index (χ4v) is 3.95. The van der Waals surface area contributed by atoms with Crippen LogP contribution in [0.1, 0.15) is 15.9 Å². The maximum absolute atomic E-state index is 12.9. The molecule has 0 aromatic heterocycles. The fraction of sp³-hybridized carbons (Fsp3) is 0.130. The molecule has 0 saturated heterocycles. The summed E-state index contributed by atoms with van der Waals surface area (Å²) in [5, 5.41) is 2.53. The van der Waals surface area contributed by atoms with Gasteiger partial charge in [0.15, 0.2) is 5.78 Å². The van der Waals surface area contributed by atoms with Gasteiger partial charge in [-0.1, -0.05) is 66.2 Å². The third kappa shape index (κ3) is 6.24. The van der Waals surface area contributed by atoms with Gasteiger partial charge < -0.3 is 4.74 Å². The van der Waals surface area contributed by atoms with Gasteiger partial charge in [-0.3, -0.25) is 10.1 Å². The van der Waals surface area contributed by atoms with Crippen molar-refractivity contribution in [3.63, 3.8) is 0 Å². The lowest BCUT2D eigenvalue weighted by molar-refractivity contribution is 0.0893. The van der Waals surface area contributed by atoms with Crippen LogP contribution in [0.25, 0.3) is 0 Å². The minimum atomic E-state index is -4.02. The van der Waals surface area contributed by atoms with Gasteiger partial charge in [0.1, 0.15) is 12.6 Å². The van der Waals surface area contributed by atoms with E-state index in [2.05, 4.69) is 10.0 Å². The predicted octanol–water partition coefficient (Wildman–Crippen LogP) is 3.77. The number of benzene rings is 3. The van der Waals surface area contributed by atoms with Crippen LogP contribution < -0.4 is 10.0 Å². The van der Waals surface area contributed by atoms with Crippen LogP contribution in [0.4, 0.5) is 10.5 Å². The lowest BCUT2D eigenvalue weighted by Gasteiger charge is -2.18. The summed E-state index contributed by atoms with van der Waals surface area (Å²) in [6.45, 7) is 1.36. The summed E-state index contributed by atoms with van der Waals surface area (Å²) in [7, 11) is -4.02. The molecule has 0 bridgehead atoms. The standard InChI is InChI=1S/C23H22N2O5S/c1-17-12-14-20(15-13-17)31(28,29)25-21(22(26)18-8-4-2-5-9-18)16-30-23(27)24-19-10-6-3-7-11-19/h2-15,21,25H,16H2,1H3,(H,24,27)/t21-/m0/s1. The summed E-state index contributed by atoms with van der Waals surface area (Å²) in [5.74, 6) is -0.510. The Morgan fingerprint density at radius 1 is 0.871 bits per heavy atom. The van der Waals surface area contributed by atoms with Crippen molar-refractivity contribution in [3.05, 3.63) is 96.1 Å². The molecule has 0 fully saturated rings. The van der Waals surface area contributed by atoms with E-state index in [0.29, 0.717) is 11.3 Å². The molecule has 2 N–H and O–H groups in total. The van der Waals surface area contributed by atoms with Crippen LogP contribution in [0, 0.1) is 6.92 Å². The van der Waals surface area contributed by atoms with Crippen LogP contribution in [-0.4, -0.2) is 32.9 Å². The second-order valence-electron chi connectivity index (χ2n) is 6.81. The lowest BCUT2D eigenvalue weighted by atomic mass is 10.1. The molecule has 1 amide bonds. The smallest absolute Gasteiger partial charge is 0.411 e. The van der Waals surface area contributed by atoms with Crippen molar-refractivity contribution in [3.8, 4) is 0 Å². The largest absolute Gasteiger partial charge is 0.447 e. The number of anilines is 1. The fourth-order valence-electron chi connectivity index (χ4n) is 2.77. The normalized spacial score (nSPS) is 12.0. The van der Waals surface area contributed by atoms with Gasteiger partial charge in [0.25, 0.3) is 0 Å². The second-order valence-corrected chi connectivity index (χ2v) is 8.52. The van der Waals surface area contributed by atoms with Crippen molar-refractivity contribution in [2.45, 2.75) is 17.9 Å². The molecule has 0 saturated carbocycles. The Hall–Kier alpha value is -3.49. The molecule has 3 rings (SSSR count). The van der Waals surface area contributed by atoms with E-state index in [1.165, 1.54) is 12.1 Å². The quantitative estimate of drug-likeness (QED) is 0.521. The first-order chi connectivity index (χ1) is 14.8. The molecule has 1 atom stereocenters. The molecule has 8 heteroatoms. The van der Waals surface area contributed by atoms with E-state index in [0.717, 1.165) is 5.56 Å². The van der Waals surface area contributed by atoms with Gasteiger partial charge in [-0.15, -0.1) is 0 Å². The predicted molar refractivity (Wildman–Crippen MR) is 117 cm³/mol. The Morgan fingerprint density at radius 3 is 2.06 bits per heavy atom. The third-order valence-corrected chi connectivity index (χ3v) is 5.89. The summed E-state index contributed by atoms with van der Waals surface area (Å²) in [6.07, 6.45) is -0.799. The van der Waals surface area contributed by atoms with Crippen LogP contribution in [0.2, 0.25) is 0 Å². The van der Waals surface area contributed by atoms with Crippen LogP contribution >= 0.6 is 0 Å². The first-order valence-electron chi connectivity index (χ1n) is 9.52. The monoisotopic (exact) mass is 438 g/mol. The van der Waals surface area contributed by atoms with Crippen molar-refractivity contribution in [2.75, 3.05) is 11.9 Å². The molecule has 3 aromatic carbocycles. The molecule has 0 heterocycles. The number of ether oxygens (including phenoxy) is 1. The molecule has 0 radical (unpaired) electrons. The van der Waals surface area contributed by atoms with E-state index in [4.69, 9.17) is 4.74 Å². The molecule has 160 valence electrons. The molecule has 3 aromatic rings. The molecule has 0 spiro atoms. The van der Waals surface area contributed by atoms with E-state index in [1.54, 1.807) is 72.8 Å². The van der Waals surface area contributed by atoms with Gasteiger partial charge in [-0.05, 0) is 31.2 Å². The van der Waals surface area contributed by atoms with Crippen molar-refractivity contribution in [1.82, 2.24) is 4.72 Å². The van der Waals surface area contributed by atoms with E-state index < -0.39 is 34.5 Å². The molecular weight excluding hydrogens is 416 g/mol. The van der Waals surface area contributed by atoms with Gasteiger partial charge in [0.05, 0.1) is 4.90 Å². The van der Waals surface area contributed by atoms with Crippen LogP contribution in [0.3, 0.4) is 0 Å². The molecule has 7 nitrogen and oxygen atoms in total. The zero-order valence-corrected chi connectivity index (χ0v) is 17.6. The Bertz CT molecular complexity index is 1130. The molecule has 0 unspecified atom stereocenters. The average Bonchev–Trinajstić information content (AvgIpc) is 2.77. The first-order valence-corrected chi connectivity index (χ1v) is 11.0. The van der Waals surface area contributed by atoms with Gasteiger partial charge in [-0.25, -0.2) is 13.2 Å². The SMILES string of the molecule is Cc1ccc(S(=O)(=O)N[C@@H](COC(=O)Nc2ccccc2)C(=O)c2ccccc2)cc1. The lowest BCUT2D eigenvalue weighted by Crippen LogP contribution is -2.44. The Labute approximate surface area is 181 Å². The Balaban J connectivity index is 1.77. The molecule has 0 aliphatic carbocycles. The number of ketones is 1. The summed E-state index contributed by atoms with van der Waals surface area (Å²) in [4.78, 5) is 25.1. The number of Topliss-reactive ketones (excluding diaryl/α,β-unsaturated/α-hetero) is 1. The van der Waals surface area contributed by atoms with Crippen molar-refractivity contribution in [1.29, 1.82) is 0 Å². The Kier molecular flexibility index (Phi) is 7.17. The average molecular weight is 439 g/mol. The highest BCUT2D eigenvalue weighted by Gasteiger charge is 2.28. The summed E-state index contributed by atoms with van der Waals surface area (Å²) >= 11 is 0. The molecular formula is C23H22N2O5S. The number of sulfonamides is 1. The minimum Gasteiger partial charge on any atom is -0.447 e. The van der Waals surface area contributed by atoms with E-state index in [-0.39, 0.29) is 4.90 Å². The number of hydrogen-bond acceptors (Lipinski definition) is 5. The van der Waals surface area contributed by atoms with Gasteiger partial charge in [0, 0.05) is 11.3 Å². The highest BCUT2D eigenvalue weighted by Crippen LogP contribution is 2.13. The summed E-state index contributed by atoms with van der Waals surface area (Å²) < 4.78 is 33.1. The first kappa shape index (κ1) is 22.2. The number of hydrogen-bond donors (Lipinski definition) is 2. The van der Waals surface area contributed by atoms with Gasteiger partial charge >= 0.3 is 6.09 Å². The number of nitrogens with one attached hydrogen (secondary N) is 2. The Morgan fingerprint density at radius 2 is 1.45 bits per heavy atom. The number of amides is 1. The topological polar surface area (TPSA) is 102 Å². The minimum absolute atomic E-state index is 0.0118. The van der Waals surface area contributed by atoms with E-state index in [9.17, 15) is 18.0 Å². The highest BCUT2D eigenvalue weighted by molar-refractivity contribution is 7.89. The highest BCUT2D eigenvalue weighted by atomic mass is 32.2. The number of carbonyl (C=O) groups is 2. The van der Waals surface area contributed by atoms with Crippen LogP contribution in [0.15, 0.2) is 89.8 Å².